The van der Waals surface area contributed by atoms with E-state index in [0.717, 1.165) is 24.4 Å². The number of aromatic nitrogens is 2. The van der Waals surface area contributed by atoms with Crippen LogP contribution >= 0.6 is 0 Å². The van der Waals surface area contributed by atoms with Crippen molar-refractivity contribution in [3.63, 3.8) is 0 Å². The maximum atomic E-state index is 5.57. The summed E-state index contributed by atoms with van der Waals surface area (Å²) >= 11 is 0. The number of nitrogens with zero attached hydrogens (tertiary/aromatic N) is 3. The molecule has 2 N–H and O–H groups in total. The van der Waals surface area contributed by atoms with E-state index in [4.69, 9.17) is 10.7 Å². The van der Waals surface area contributed by atoms with Crippen LogP contribution in [-0.2, 0) is 13.6 Å². The van der Waals surface area contributed by atoms with Gasteiger partial charge in [-0.3, -0.25) is 0 Å². The molecule has 0 amide bonds. The van der Waals surface area contributed by atoms with E-state index in [1.165, 1.54) is 11.1 Å². The summed E-state index contributed by atoms with van der Waals surface area (Å²) < 4.78 is 2.19. The predicted octanol–water partition coefficient (Wildman–Crippen LogP) is 2.09. The fourth-order valence-electron chi connectivity index (χ4n) is 2.49. The normalized spacial score (nSPS) is 11.9. The highest BCUT2D eigenvalue weighted by Gasteiger charge is 2.11. The lowest BCUT2D eigenvalue weighted by molar-refractivity contribution is 0.336. The Balaban J connectivity index is 2.30. The van der Waals surface area contributed by atoms with E-state index in [1.807, 2.05) is 0 Å². The van der Waals surface area contributed by atoms with Crippen molar-refractivity contribution >= 4 is 11.0 Å². The molecule has 0 aliphatic rings. The molecule has 0 atom stereocenters. The Hall–Kier alpha value is -1.39. The maximum absolute atomic E-state index is 5.57. The number of imidazole rings is 1. The number of hydrogen-bond donors (Lipinski definition) is 1. The Kier molecular flexibility index (Phi) is 4.22. The lowest BCUT2D eigenvalue weighted by atomic mass is 10.2. The van der Waals surface area contributed by atoms with Crippen molar-refractivity contribution in [3.8, 4) is 0 Å². The predicted molar refractivity (Wildman–Crippen MR) is 80.2 cm³/mol. The molecule has 0 aliphatic carbocycles. The smallest absolute Gasteiger partial charge is 0.112 e. The minimum atomic E-state index is 0.445. The number of nitrogens with two attached hydrogens (primary N) is 1. The van der Waals surface area contributed by atoms with E-state index in [9.17, 15) is 0 Å². The molecule has 0 saturated heterocycles. The van der Waals surface area contributed by atoms with Crippen LogP contribution < -0.4 is 5.73 Å². The van der Waals surface area contributed by atoms with Crippen LogP contribution in [0, 0.1) is 0 Å². The van der Waals surface area contributed by atoms with Gasteiger partial charge >= 0.3 is 0 Å². The lowest BCUT2D eigenvalue weighted by Gasteiger charge is -2.15. The van der Waals surface area contributed by atoms with Crippen molar-refractivity contribution in [3.05, 3.63) is 29.6 Å². The molecule has 19 heavy (non-hydrogen) atoms. The largest absolute Gasteiger partial charge is 0.331 e. The van der Waals surface area contributed by atoms with Crippen LogP contribution in [0.5, 0.6) is 0 Å². The highest BCUT2D eigenvalue weighted by molar-refractivity contribution is 5.77. The van der Waals surface area contributed by atoms with Crippen LogP contribution in [0.15, 0.2) is 18.2 Å². The van der Waals surface area contributed by atoms with Crippen molar-refractivity contribution in [2.24, 2.45) is 12.8 Å². The molecule has 1 heterocycles. The molecule has 4 nitrogen and oxygen atoms in total. The fraction of sp³-hybridized carbons (Fsp3) is 0.533. The van der Waals surface area contributed by atoms with Gasteiger partial charge in [0, 0.05) is 32.6 Å². The second-order valence-electron chi connectivity index (χ2n) is 5.53. The van der Waals surface area contributed by atoms with Gasteiger partial charge in [-0.2, -0.15) is 0 Å². The summed E-state index contributed by atoms with van der Waals surface area (Å²) in [5.74, 6) is 1.59. The quantitative estimate of drug-likeness (QED) is 0.895. The third-order valence-electron chi connectivity index (χ3n) is 3.46. The Morgan fingerprint density at radius 1 is 1.37 bits per heavy atom. The molecule has 104 valence electrons. The Bertz CT molecular complexity index is 557. The molecule has 1 aromatic carbocycles. The van der Waals surface area contributed by atoms with Gasteiger partial charge in [0.25, 0.3) is 0 Å². The fourth-order valence-corrected chi connectivity index (χ4v) is 2.49. The molecule has 0 aliphatic heterocycles. The van der Waals surface area contributed by atoms with Crippen LogP contribution in [0.3, 0.4) is 0 Å². The summed E-state index contributed by atoms with van der Waals surface area (Å²) in [6, 6.07) is 6.54. The summed E-state index contributed by atoms with van der Waals surface area (Å²) in [5, 5.41) is 0. The van der Waals surface area contributed by atoms with E-state index in [-0.39, 0.29) is 0 Å². The third-order valence-corrected chi connectivity index (χ3v) is 3.46. The zero-order valence-corrected chi connectivity index (χ0v) is 12.3. The summed E-state index contributed by atoms with van der Waals surface area (Å²) in [5.41, 5.74) is 9.15. The van der Waals surface area contributed by atoms with Gasteiger partial charge in [0.15, 0.2) is 0 Å². The average Bonchev–Trinajstić information content (AvgIpc) is 2.67. The maximum Gasteiger partial charge on any atom is 0.112 e. The molecular formula is C15H24N4. The molecule has 0 saturated carbocycles. The molecule has 0 bridgehead atoms. The molecular weight excluding hydrogens is 236 g/mol. The van der Waals surface area contributed by atoms with Crippen molar-refractivity contribution in [2.45, 2.75) is 26.3 Å². The first-order chi connectivity index (χ1) is 9.02. The number of hydrogen-bond acceptors (Lipinski definition) is 3. The number of likely N-dealkylation sites (N-methyl/N-ethyl adjacent to an activating group) is 1. The Labute approximate surface area is 115 Å². The first-order valence-corrected chi connectivity index (χ1v) is 6.86. The number of fused-ring (bicyclic) bond motifs is 1. The van der Waals surface area contributed by atoms with E-state index < -0.39 is 0 Å². The van der Waals surface area contributed by atoms with Crippen LogP contribution in [0.25, 0.3) is 11.0 Å². The Morgan fingerprint density at radius 3 is 2.74 bits per heavy atom. The summed E-state index contributed by atoms with van der Waals surface area (Å²) in [4.78, 5) is 6.98. The number of aryl methyl sites for hydroxylation is 1. The van der Waals surface area contributed by atoms with Crippen molar-refractivity contribution < 1.29 is 0 Å². The van der Waals surface area contributed by atoms with Gasteiger partial charge in [0.05, 0.1) is 11.0 Å². The molecule has 2 rings (SSSR count). The molecule has 0 unspecified atom stereocenters. The van der Waals surface area contributed by atoms with Crippen LogP contribution in [-0.4, -0.2) is 34.6 Å². The molecule has 1 aromatic heterocycles. The van der Waals surface area contributed by atoms with Gasteiger partial charge < -0.3 is 15.2 Å². The van der Waals surface area contributed by atoms with E-state index >= 15 is 0 Å². The topological polar surface area (TPSA) is 47.1 Å². The number of benzene rings is 1. The van der Waals surface area contributed by atoms with Gasteiger partial charge in [-0.25, -0.2) is 4.98 Å². The van der Waals surface area contributed by atoms with Crippen LogP contribution in [0.1, 0.15) is 31.2 Å². The summed E-state index contributed by atoms with van der Waals surface area (Å²) in [6.45, 7) is 6.88. The second kappa shape index (κ2) is 5.72. The average molecular weight is 260 g/mol. The standard InChI is InChI=1S/C15H24N4/c1-11(2)15-17-13-9-12(10-18(3)8-7-16)5-6-14(13)19(15)4/h5-6,9,11H,7-8,10,16H2,1-4H3. The highest BCUT2D eigenvalue weighted by atomic mass is 15.1. The van der Waals surface area contributed by atoms with Gasteiger partial charge in [-0.1, -0.05) is 19.9 Å². The van der Waals surface area contributed by atoms with E-state index in [1.54, 1.807) is 0 Å². The number of rotatable bonds is 5. The molecule has 2 aromatic rings. The minimum Gasteiger partial charge on any atom is -0.331 e. The van der Waals surface area contributed by atoms with E-state index in [0.29, 0.717) is 12.5 Å². The van der Waals surface area contributed by atoms with Gasteiger partial charge in [0.2, 0.25) is 0 Å². The monoisotopic (exact) mass is 260 g/mol. The molecule has 4 heteroatoms. The lowest BCUT2D eigenvalue weighted by Crippen LogP contribution is -2.24. The summed E-state index contributed by atoms with van der Waals surface area (Å²) in [6.07, 6.45) is 0. The highest BCUT2D eigenvalue weighted by Crippen LogP contribution is 2.21. The van der Waals surface area contributed by atoms with Crippen molar-refractivity contribution in [1.29, 1.82) is 0 Å². The molecule has 0 spiro atoms. The Morgan fingerprint density at radius 2 is 2.11 bits per heavy atom. The molecule has 0 radical (unpaired) electrons. The summed E-state index contributed by atoms with van der Waals surface area (Å²) in [7, 11) is 4.18. The third kappa shape index (κ3) is 2.96. The van der Waals surface area contributed by atoms with E-state index in [2.05, 4.69) is 55.6 Å². The van der Waals surface area contributed by atoms with Gasteiger partial charge in [0.1, 0.15) is 5.82 Å². The SMILES string of the molecule is CC(C)c1nc2cc(CN(C)CCN)ccc2n1C. The van der Waals surface area contributed by atoms with Crippen LogP contribution in [0.2, 0.25) is 0 Å². The molecule has 0 fully saturated rings. The minimum absolute atomic E-state index is 0.445. The second-order valence-corrected chi connectivity index (χ2v) is 5.53. The van der Waals surface area contributed by atoms with Crippen molar-refractivity contribution in [2.75, 3.05) is 20.1 Å². The first-order valence-electron chi connectivity index (χ1n) is 6.86. The van der Waals surface area contributed by atoms with Gasteiger partial charge in [-0.05, 0) is 24.7 Å². The van der Waals surface area contributed by atoms with Gasteiger partial charge in [-0.15, -0.1) is 0 Å². The van der Waals surface area contributed by atoms with Crippen LogP contribution in [0.4, 0.5) is 0 Å². The first kappa shape index (κ1) is 14.0. The van der Waals surface area contributed by atoms with Crippen molar-refractivity contribution in [1.82, 2.24) is 14.5 Å². The zero-order chi connectivity index (χ0) is 14.0. The zero-order valence-electron chi connectivity index (χ0n) is 12.3.